The second-order valence-corrected chi connectivity index (χ2v) is 7.58. The molecule has 1 aromatic heterocycles. The van der Waals surface area contributed by atoms with E-state index in [4.69, 9.17) is 0 Å². The van der Waals surface area contributed by atoms with Gasteiger partial charge >= 0.3 is 0 Å². The molecule has 1 fully saturated rings. The second kappa shape index (κ2) is 7.98. The average Bonchev–Trinajstić information content (AvgIpc) is 3.39. The molecule has 0 spiro atoms. The van der Waals surface area contributed by atoms with Crippen LogP contribution in [0.25, 0.3) is 10.8 Å². The van der Waals surface area contributed by atoms with Gasteiger partial charge in [-0.25, -0.2) is 0 Å². The molecule has 1 aliphatic rings. The number of carbonyl (C=O) groups is 2. The van der Waals surface area contributed by atoms with Crippen LogP contribution in [-0.4, -0.2) is 53.2 Å². The van der Waals surface area contributed by atoms with Crippen molar-refractivity contribution in [1.29, 1.82) is 0 Å². The Bertz CT molecular complexity index is 1000. The normalized spacial score (nSPS) is 14.1. The molecule has 4 rings (SSSR count). The maximum atomic E-state index is 12.6. The highest BCUT2D eigenvalue weighted by molar-refractivity contribution is 6.01. The summed E-state index contributed by atoms with van der Waals surface area (Å²) in [4.78, 5) is 31.9. The second-order valence-electron chi connectivity index (χ2n) is 7.58. The average molecular weight is 375 g/mol. The fourth-order valence-corrected chi connectivity index (χ4v) is 3.81. The lowest BCUT2D eigenvalue weighted by atomic mass is 10.1. The molecule has 2 heterocycles. The third kappa shape index (κ3) is 3.99. The summed E-state index contributed by atoms with van der Waals surface area (Å²) < 4.78 is 0. The largest absolute Gasteiger partial charge is 0.356 e. The van der Waals surface area contributed by atoms with Crippen molar-refractivity contribution in [3.05, 3.63) is 71.5 Å². The number of hydrogen-bond donors (Lipinski definition) is 1. The number of likely N-dealkylation sites (tertiary alicyclic amines) is 1. The Kier molecular flexibility index (Phi) is 5.26. The van der Waals surface area contributed by atoms with E-state index in [2.05, 4.69) is 35.3 Å². The summed E-state index contributed by atoms with van der Waals surface area (Å²) in [5.74, 6) is 0.000999. The number of aromatic amines is 1. The number of nitrogens with zero attached hydrogens (tertiary/aromatic N) is 2. The van der Waals surface area contributed by atoms with E-state index < -0.39 is 0 Å². The number of rotatable bonds is 6. The summed E-state index contributed by atoms with van der Waals surface area (Å²) in [6.45, 7) is 2.61. The van der Waals surface area contributed by atoms with Crippen molar-refractivity contribution in [1.82, 2.24) is 14.8 Å². The molecule has 1 saturated heterocycles. The van der Waals surface area contributed by atoms with Crippen LogP contribution in [0.2, 0.25) is 0 Å². The van der Waals surface area contributed by atoms with Crippen molar-refractivity contribution in [3.8, 4) is 0 Å². The van der Waals surface area contributed by atoms with Gasteiger partial charge in [0.1, 0.15) is 5.69 Å². The van der Waals surface area contributed by atoms with Crippen LogP contribution in [0.3, 0.4) is 0 Å². The number of H-pyrrole nitrogens is 1. The minimum Gasteiger partial charge on any atom is -0.356 e. The molecular weight excluding hydrogens is 350 g/mol. The Morgan fingerprint density at radius 1 is 1.04 bits per heavy atom. The number of ketones is 1. The molecule has 5 nitrogen and oxygen atoms in total. The third-order valence-electron chi connectivity index (χ3n) is 5.31. The van der Waals surface area contributed by atoms with Crippen molar-refractivity contribution >= 4 is 22.5 Å². The molecule has 3 aromatic rings. The molecule has 5 heteroatoms. The first-order chi connectivity index (χ1) is 13.6. The highest BCUT2D eigenvalue weighted by Gasteiger charge is 2.22. The highest BCUT2D eigenvalue weighted by Crippen LogP contribution is 2.17. The van der Waals surface area contributed by atoms with Gasteiger partial charge in [0.05, 0.1) is 6.54 Å². The molecule has 0 bridgehead atoms. The smallest absolute Gasteiger partial charge is 0.270 e. The minimum absolute atomic E-state index is 0.0129. The van der Waals surface area contributed by atoms with Crippen LogP contribution in [0.4, 0.5) is 0 Å². The summed E-state index contributed by atoms with van der Waals surface area (Å²) >= 11 is 0. The maximum Gasteiger partial charge on any atom is 0.270 e. The molecule has 0 unspecified atom stereocenters. The number of Topliss-reactive ketones (excluding diaryl/α,β-unsaturated/α-hetero) is 1. The molecule has 1 N–H and O–H groups in total. The number of benzene rings is 2. The maximum absolute atomic E-state index is 12.6. The van der Waals surface area contributed by atoms with Crippen molar-refractivity contribution in [3.63, 3.8) is 0 Å². The Labute approximate surface area is 165 Å². The number of nitrogens with one attached hydrogen (secondary N) is 1. The quantitative estimate of drug-likeness (QED) is 0.668. The predicted molar refractivity (Wildman–Crippen MR) is 111 cm³/mol. The monoisotopic (exact) mass is 375 g/mol. The first kappa shape index (κ1) is 18.4. The Morgan fingerprint density at radius 2 is 1.79 bits per heavy atom. The van der Waals surface area contributed by atoms with E-state index in [0.717, 1.165) is 25.9 Å². The third-order valence-corrected chi connectivity index (χ3v) is 5.31. The molecule has 0 aliphatic carbocycles. The fourth-order valence-electron chi connectivity index (χ4n) is 3.81. The van der Waals surface area contributed by atoms with Crippen LogP contribution >= 0.6 is 0 Å². The molecule has 28 heavy (non-hydrogen) atoms. The van der Waals surface area contributed by atoms with Gasteiger partial charge in [0.2, 0.25) is 0 Å². The predicted octanol–water partition coefficient (Wildman–Crippen LogP) is 3.72. The van der Waals surface area contributed by atoms with Gasteiger partial charge in [-0.15, -0.1) is 0 Å². The van der Waals surface area contributed by atoms with E-state index in [1.165, 1.54) is 16.3 Å². The van der Waals surface area contributed by atoms with Gasteiger partial charge in [-0.05, 0) is 48.4 Å². The first-order valence-corrected chi connectivity index (χ1v) is 9.77. The van der Waals surface area contributed by atoms with Gasteiger partial charge in [-0.3, -0.25) is 14.5 Å². The Balaban J connectivity index is 1.38. The molecule has 0 saturated carbocycles. The van der Waals surface area contributed by atoms with Crippen molar-refractivity contribution in [2.45, 2.75) is 19.4 Å². The molecule has 2 aromatic carbocycles. The van der Waals surface area contributed by atoms with Crippen molar-refractivity contribution < 1.29 is 9.59 Å². The van der Waals surface area contributed by atoms with Gasteiger partial charge < -0.3 is 9.88 Å². The molecule has 1 aliphatic heterocycles. The van der Waals surface area contributed by atoms with Crippen LogP contribution in [0.5, 0.6) is 0 Å². The van der Waals surface area contributed by atoms with Crippen LogP contribution in [0.15, 0.2) is 54.7 Å². The molecule has 0 radical (unpaired) electrons. The van der Waals surface area contributed by atoms with Crippen molar-refractivity contribution in [2.24, 2.45) is 0 Å². The highest BCUT2D eigenvalue weighted by atomic mass is 16.2. The van der Waals surface area contributed by atoms with Gasteiger partial charge in [0, 0.05) is 31.4 Å². The standard InChI is InChI=1S/C23H25N3O2/c1-25(15-17-8-9-18-6-2-3-7-19(18)12-17)16-22(27)20-13-21(24-14-20)23(28)26-10-4-5-11-26/h2-3,6-9,12-14,24H,4-5,10-11,15-16H2,1H3. The SMILES string of the molecule is CN(CC(=O)c1c[nH]c(C(=O)N2CCCC2)c1)Cc1ccc2ccccc2c1. The number of carbonyl (C=O) groups excluding carboxylic acids is 2. The first-order valence-electron chi connectivity index (χ1n) is 9.77. The summed E-state index contributed by atoms with van der Waals surface area (Å²) in [6, 6.07) is 16.3. The Morgan fingerprint density at radius 3 is 2.57 bits per heavy atom. The lowest BCUT2D eigenvalue weighted by molar-refractivity contribution is 0.0787. The van der Waals surface area contributed by atoms with E-state index in [1.807, 2.05) is 29.0 Å². The van der Waals surface area contributed by atoms with Gasteiger partial charge in [0.15, 0.2) is 5.78 Å². The number of aromatic nitrogens is 1. The number of fused-ring (bicyclic) bond motifs is 1. The topological polar surface area (TPSA) is 56.4 Å². The van der Waals surface area contributed by atoms with E-state index >= 15 is 0 Å². The van der Waals surface area contributed by atoms with E-state index in [1.54, 1.807) is 12.3 Å². The number of likely N-dealkylation sites (N-methyl/N-ethyl adjacent to an activating group) is 1. The molecular formula is C23H25N3O2. The van der Waals surface area contributed by atoms with Crippen LogP contribution in [0.1, 0.15) is 39.3 Å². The van der Waals surface area contributed by atoms with Crippen LogP contribution < -0.4 is 0 Å². The zero-order chi connectivity index (χ0) is 19.5. The van der Waals surface area contributed by atoms with E-state index in [0.29, 0.717) is 24.3 Å². The lowest BCUT2D eigenvalue weighted by Crippen LogP contribution is -2.28. The number of amides is 1. The zero-order valence-electron chi connectivity index (χ0n) is 16.1. The lowest BCUT2D eigenvalue weighted by Gasteiger charge is -2.16. The molecule has 1 amide bonds. The van der Waals surface area contributed by atoms with E-state index in [9.17, 15) is 9.59 Å². The molecule has 144 valence electrons. The summed E-state index contributed by atoms with van der Waals surface area (Å²) in [5, 5.41) is 2.42. The summed E-state index contributed by atoms with van der Waals surface area (Å²) in [5.41, 5.74) is 2.24. The zero-order valence-corrected chi connectivity index (χ0v) is 16.1. The van der Waals surface area contributed by atoms with Crippen LogP contribution in [-0.2, 0) is 6.54 Å². The van der Waals surface area contributed by atoms with Gasteiger partial charge in [-0.2, -0.15) is 0 Å². The number of hydrogen-bond acceptors (Lipinski definition) is 3. The summed E-state index contributed by atoms with van der Waals surface area (Å²) in [7, 11) is 1.94. The Hall–Kier alpha value is -2.92. The van der Waals surface area contributed by atoms with Crippen LogP contribution in [0, 0.1) is 0 Å². The summed E-state index contributed by atoms with van der Waals surface area (Å²) in [6.07, 6.45) is 3.76. The van der Waals surface area contributed by atoms with Gasteiger partial charge in [0.25, 0.3) is 5.91 Å². The van der Waals surface area contributed by atoms with Crippen molar-refractivity contribution in [2.75, 3.05) is 26.7 Å². The minimum atomic E-state index is -0.0129. The fraction of sp³-hybridized carbons (Fsp3) is 0.304. The van der Waals surface area contributed by atoms with E-state index in [-0.39, 0.29) is 11.7 Å². The van der Waals surface area contributed by atoms with Gasteiger partial charge in [-0.1, -0.05) is 36.4 Å². The molecule has 0 atom stereocenters.